The lowest BCUT2D eigenvalue weighted by Crippen LogP contribution is -2.29. The molecule has 5 heteroatoms. The second-order valence-electron chi connectivity index (χ2n) is 3.33. The maximum Gasteiger partial charge on any atom is 0.317 e. The van der Waals surface area contributed by atoms with E-state index < -0.39 is 0 Å². The van der Waals surface area contributed by atoms with E-state index in [0.29, 0.717) is 17.7 Å². The predicted octanol–water partition coefficient (Wildman–Crippen LogP) is 0.595. The molecule has 0 fully saturated rings. The third kappa shape index (κ3) is 4.28. The van der Waals surface area contributed by atoms with E-state index in [4.69, 9.17) is 10.6 Å². The van der Waals surface area contributed by atoms with Gasteiger partial charge < -0.3 is 4.74 Å². The molecule has 0 bridgehead atoms. The predicted molar refractivity (Wildman–Crippen MR) is 66.2 cm³/mol. The average Bonchev–Trinajstić information content (AvgIpc) is 2.39. The molecule has 0 heterocycles. The van der Waals surface area contributed by atoms with Gasteiger partial charge in [-0.05, 0) is 31.2 Å². The van der Waals surface area contributed by atoms with Crippen molar-refractivity contribution in [2.24, 2.45) is 5.84 Å². The molecule has 1 aromatic rings. The minimum Gasteiger partial charge on any atom is -0.465 e. The maximum atomic E-state index is 11.2. The number of nitrogens with one attached hydrogen (secondary N) is 1. The van der Waals surface area contributed by atoms with Gasteiger partial charge in [-0.3, -0.25) is 15.0 Å². The molecular formula is C13H14N2O3. The van der Waals surface area contributed by atoms with Gasteiger partial charge in [-0.25, -0.2) is 5.84 Å². The van der Waals surface area contributed by atoms with Crippen LogP contribution in [0.25, 0.3) is 0 Å². The van der Waals surface area contributed by atoms with Crippen LogP contribution in [0.5, 0.6) is 0 Å². The fraction of sp³-hybridized carbons (Fsp3) is 0.231. The number of esters is 1. The minimum absolute atomic E-state index is 0.0544. The Bertz CT molecular complexity index is 483. The van der Waals surface area contributed by atoms with Crippen molar-refractivity contribution in [2.45, 2.75) is 13.3 Å². The van der Waals surface area contributed by atoms with Gasteiger partial charge in [0.05, 0.1) is 6.61 Å². The van der Waals surface area contributed by atoms with Crippen LogP contribution in [0.2, 0.25) is 0 Å². The number of hydrogen-bond acceptors (Lipinski definition) is 4. The van der Waals surface area contributed by atoms with Gasteiger partial charge in [-0.2, -0.15) is 0 Å². The summed E-state index contributed by atoms with van der Waals surface area (Å²) in [4.78, 5) is 22.2. The summed E-state index contributed by atoms with van der Waals surface area (Å²) in [6.07, 6.45) is 0.0544. The summed E-state index contributed by atoms with van der Waals surface area (Å²) in [5.74, 6) is 9.81. The first kappa shape index (κ1) is 13.7. The number of ether oxygens (including phenoxy) is 1. The Labute approximate surface area is 105 Å². The summed E-state index contributed by atoms with van der Waals surface area (Å²) in [6, 6.07) is 6.58. The van der Waals surface area contributed by atoms with E-state index >= 15 is 0 Å². The summed E-state index contributed by atoms with van der Waals surface area (Å²) in [6.45, 7) is 2.09. The summed E-state index contributed by atoms with van der Waals surface area (Å²) in [7, 11) is 0. The molecule has 5 nitrogen and oxygen atoms in total. The van der Waals surface area contributed by atoms with Crippen LogP contribution >= 0.6 is 0 Å². The zero-order valence-electron chi connectivity index (χ0n) is 10.0. The number of benzene rings is 1. The number of nitrogens with two attached hydrogens (primary N) is 1. The van der Waals surface area contributed by atoms with Crippen molar-refractivity contribution in [2.75, 3.05) is 6.61 Å². The molecule has 0 radical (unpaired) electrons. The van der Waals surface area contributed by atoms with Crippen molar-refractivity contribution < 1.29 is 14.3 Å². The molecule has 0 saturated carbocycles. The van der Waals surface area contributed by atoms with E-state index in [1.165, 1.54) is 0 Å². The Morgan fingerprint density at radius 2 is 2.00 bits per heavy atom. The van der Waals surface area contributed by atoms with Gasteiger partial charge in [-0.15, -0.1) is 0 Å². The van der Waals surface area contributed by atoms with Crippen LogP contribution < -0.4 is 11.3 Å². The largest absolute Gasteiger partial charge is 0.465 e. The summed E-state index contributed by atoms with van der Waals surface area (Å²) >= 11 is 0. The van der Waals surface area contributed by atoms with E-state index in [2.05, 4.69) is 11.8 Å². The summed E-state index contributed by atoms with van der Waals surface area (Å²) in [5.41, 5.74) is 3.20. The molecule has 1 amide bonds. The number of nitrogen functional groups attached to an aromatic ring is 1. The maximum absolute atomic E-state index is 11.2. The van der Waals surface area contributed by atoms with Gasteiger partial charge in [0.15, 0.2) is 0 Å². The first-order valence-electron chi connectivity index (χ1n) is 5.43. The van der Waals surface area contributed by atoms with E-state index in [1.54, 1.807) is 31.2 Å². The van der Waals surface area contributed by atoms with Crippen LogP contribution in [0.15, 0.2) is 24.3 Å². The van der Waals surface area contributed by atoms with Gasteiger partial charge in [0, 0.05) is 11.1 Å². The van der Waals surface area contributed by atoms with Crippen LogP contribution in [0, 0.1) is 11.8 Å². The Morgan fingerprint density at radius 3 is 2.56 bits per heavy atom. The molecule has 1 rings (SSSR count). The standard InChI is InChI=1S/C13H14N2O3/c1-2-18-12(16)5-3-4-10-6-8-11(9-7-10)13(17)15-14/h6-9H,2,5,14H2,1H3,(H,15,17). The second-order valence-corrected chi connectivity index (χ2v) is 3.33. The van der Waals surface area contributed by atoms with E-state index in [-0.39, 0.29) is 18.3 Å². The summed E-state index contributed by atoms with van der Waals surface area (Å²) in [5, 5.41) is 0. The monoisotopic (exact) mass is 246 g/mol. The zero-order valence-corrected chi connectivity index (χ0v) is 10.0. The Balaban J connectivity index is 2.61. The molecule has 0 saturated heterocycles. The second kappa shape index (κ2) is 7.09. The molecule has 0 spiro atoms. The van der Waals surface area contributed by atoms with Crippen LogP contribution in [-0.2, 0) is 9.53 Å². The van der Waals surface area contributed by atoms with Crippen molar-refractivity contribution in [3.8, 4) is 11.8 Å². The van der Waals surface area contributed by atoms with Crippen molar-refractivity contribution in [1.82, 2.24) is 5.43 Å². The first-order chi connectivity index (χ1) is 8.67. The number of hydrazine groups is 1. The summed E-state index contributed by atoms with van der Waals surface area (Å²) < 4.78 is 4.74. The van der Waals surface area contributed by atoms with Crippen molar-refractivity contribution in [1.29, 1.82) is 0 Å². The third-order valence-corrected chi connectivity index (χ3v) is 2.05. The highest BCUT2D eigenvalue weighted by molar-refractivity contribution is 5.93. The lowest BCUT2D eigenvalue weighted by molar-refractivity contribution is -0.141. The number of hydrogen-bond donors (Lipinski definition) is 2. The number of rotatable bonds is 3. The topological polar surface area (TPSA) is 81.4 Å². The van der Waals surface area contributed by atoms with Crippen LogP contribution in [-0.4, -0.2) is 18.5 Å². The highest BCUT2D eigenvalue weighted by Gasteiger charge is 2.01. The molecule has 0 aliphatic carbocycles. The molecule has 3 N–H and O–H groups in total. The number of carbonyl (C=O) groups excluding carboxylic acids is 2. The molecule has 0 aliphatic rings. The Kier molecular flexibility index (Phi) is 5.42. The van der Waals surface area contributed by atoms with Crippen LogP contribution in [0.4, 0.5) is 0 Å². The van der Waals surface area contributed by atoms with E-state index in [0.717, 1.165) is 0 Å². The number of carbonyl (C=O) groups is 2. The zero-order chi connectivity index (χ0) is 13.4. The first-order valence-corrected chi connectivity index (χ1v) is 5.43. The minimum atomic E-state index is -0.360. The molecule has 0 unspecified atom stereocenters. The molecule has 18 heavy (non-hydrogen) atoms. The SMILES string of the molecule is CCOC(=O)CC#Cc1ccc(C(=O)NN)cc1. The molecule has 1 aromatic carbocycles. The van der Waals surface area contributed by atoms with Crippen LogP contribution in [0.1, 0.15) is 29.3 Å². The van der Waals surface area contributed by atoms with Gasteiger partial charge in [0.25, 0.3) is 5.91 Å². The average molecular weight is 246 g/mol. The highest BCUT2D eigenvalue weighted by atomic mass is 16.5. The molecule has 0 aliphatic heterocycles. The fourth-order valence-electron chi connectivity index (χ4n) is 1.22. The van der Waals surface area contributed by atoms with Gasteiger partial charge in [0.2, 0.25) is 0 Å². The lowest BCUT2D eigenvalue weighted by Gasteiger charge is -1.98. The molecular weight excluding hydrogens is 232 g/mol. The number of amides is 1. The molecule has 0 atom stereocenters. The smallest absolute Gasteiger partial charge is 0.317 e. The Morgan fingerprint density at radius 1 is 1.33 bits per heavy atom. The van der Waals surface area contributed by atoms with E-state index in [9.17, 15) is 9.59 Å². The third-order valence-electron chi connectivity index (χ3n) is 2.05. The van der Waals surface area contributed by atoms with Crippen molar-refractivity contribution >= 4 is 11.9 Å². The van der Waals surface area contributed by atoms with Crippen molar-refractivity contribution in [3.05, 3.63) is 35.4 Å². The van der Waals surface area contributed by atoms with Crippen LogP contribution in [0.3, 0.4) is 0 Å². The van der Waals surface area contributed by atoms with Gasteiger partial charge in [-0.1, -0.05) is 11.8 Å². The molecule has 0 aromatic heterocycles. The normalized spacial score (nSPS) is 9.00. The Hall–Kier alpha value is -2.32. The van der Waals surface area contributed by atoms with Crippen molar-refractivity contribution in [3.63, 3.8) is 0 Å². The highest BCUT2D eigenvalue weighted by Crippen LogP contribution is 2.02. The van der Waals surface area contributed by atoms with E-state index in [1.807, 2.05) is 5.43 Å². The lowest BCUT2D eigenvalue weighted by atomic mass is 10.1. The van der Waals surface area contributed by atoms with Gasteiger partial charge >= 0.3 is 5.97 Å². The fourth-order valence-corrected chi connectivity index (χ4v) is 1.22. The molecule has 94 valence electrons. The quantitative estimate of drug-likeness (QED) is 0.269. The van der Waals surface area contributed by atoms with Gasteiger partial charge in [0.1, 0.15) is 6.42 Å².